The third kappa shape index (κ3) is 3.89. The third-order valence-corrected chi connectivity index (χ3v) is 2.48. The fourth-order valence-electron chi connectivity index (χ4n) is 1.59. The predicted octanol–water partition coefficient (Wildman–Crippen LogP) is 2.30. The Labute approximate surface area is 107 Å². The number of fused-ring (bicyclic) bond motifs is 1. The highest BCUT2D eigenvalue weighted by Crippen LogP contribution is 2.18. The molecule has 3 N–H and O–H groups in total. The van der Waals surface area contributed by atoms with Crippen LogP contribution < -0.4 is 16.7 Å². The quantitative estimate of drug-likeness (QED) is 0.632. The molecular weight excluding hydrogens is 228 g/mol. The van der Waals surface area contributed by atoms with E-state index in [1.165, 1.54) is 6.07 Å². The molecule has 0 atom stereocenters. The lowest BCUT2D eigenvalue weighted by Gasteiger charge is -2.00. The Hall–Kier alpha value is -1.81. The van der Waals surface area contributed by atoms with Gasteiger partial charge in [-0.05, 0) is 37.7 Å². The maximum absolute atomic E-state index is 11.0. The summed E-state index contributed by atoms with van der Waals surface area (Å²) in [5.74, 6) is 0. The number of aryl methyl sites for hydroxylation is 1. The van der Waals surface area contributed by atoms with Crippen molar-refractivity contribution in [2.24, 2.45) is 0 Å². The molecule has 0 aliphatic heterocycles. The molecule has 18 heavy (non-hydrogen) atoms. The van der Waals surface area contributed by atoms with Gasteiger partial charge in [-0.15, -0.1) is 0 Å². The van der Waals surface area contributed by atoms with Crippen LogP contribution >= 0.6 is 0 Å². The summed E-state index contributed by atoms with van der Waals surface area (Å²) in [6.07, 6.45) is 0. The molecule has 2 rings (SSSR count). The number of rotatable bonds is 2. The molecule has 0 fully saturated rings. The van der Waals surface area contributed by atoms with Gasteiger partial charge >= 0.3 is 5.63 Å². The molecule has 0 amide bonds. The van der Waals surface area contributed by atoms with Crippen molar-refractivity contribution in [1.82, 2.24) is 5.32 Å². The van der Waals surface area contributed by atoms with Crippen LogP contribution in [0, 0.1) is 6.92 Å². The fourth-order valence-corrected chi connectivity index (χ4v) is 1.59. The first-order valence-electron chi connectivity index (χ1n) is 6.09. The molecule has 0 bridgehead atoms. The molecule has 1 aromatic heterocycles. The van der Waals surface area contributed by atoms with E-state index < -0.39 is 0 Å². The number of nitrogens with two attached hydrogens (primary N) is 1. The first-order chi connectivity index (χ1) is 8.58. The smallest absolute Gasteiger partial charge is 0.336 e. The fraction of sp³-hybridized carbons (Fsp3) is 0.357. The second kappa shape index (κ2) is 6.81. The molecule has 0 saturated carbocycles. The minimum atomic E-state index is -0.337. The SMILES string of the molecule is CCNCC.Cc1cc(=O)oc2cc(N)ccc12. The minimum Gasteiger partial charge on any atom is -0.423 e. The standard InChI is InChI=1S/C10H9NO2.C4H11N/c1-6-4-10(12)13-9-5-7(11)2-3-8(6)9;1-3-5-4-2/h2-5H,11H2,1H3;5H,3-4H2,1-2H3. The number of anilines is 1. The number of hydrogen-bond acceptors (Lipinski definition) is 4. The largest absolute Gasteiger partial charge is 0.423 e. The van der Waals surface area contributed by atoms with Crippen LogP contribution in [-0.4, -0.2) is 13.1 Å². The molecule has 0 saturated heterocycles. The summed E-state index contributed by atoms with van der Waals surface area (Å²) in [6, 6.07) is 6.76. The van der Waals surface area contributed by atoms with Gasteiger partial charge in [-0.3, -0.25) is 0 Å². The van der Waals surface area contributed by atoms with Crippen LogP contribution in [0.2, 0.25) is 0 Å². The van der Waals surface area contributed by atoms with Crippen molar-refractivity contribution >= 4 is 16.7 Å². The molecule has 0 spiro atoms. The second-order valence-electron chi connectivity index (χ2n) is 3.96. The topological polar surface area (TPSA) is 68.3 Å². The summed E-state index contributed by atoms with van der Waals surface area (Å²) in [6.45, 7) is 8.26. The van der Waals surface area contributed by atoms with E-state index in [0.29, 0.717) is 11.3 Å². The molecule has 4 heteroatoms. The van der Waals surface area contributed by atoms with Gasteiger partial charge in [0.05, 0.1) is 0 Å². The summed E-state index contributed by atoms with van der Waals surface area (Å²) in [7, 11) is 0. The second-order valence-corrected chi connectivity index (χ2v) is 3.96. The highest BCUT2D eigenvalue weighted by atomic mass is 16.4. The summed E-state index contributed by atoms with van der Waals surface area (Å²) < 4.78 is 4.99. The van der Waals surface area contributed by atoms with E-state index in [2.05, 4.69) is 19.2 Å². The Morgan fingerprint density at radius 1 is 1.22 bits per heavy atom. The Morgan fingerprint density at radius 2 is 1.89 bits per heavy atom. The van der Waals surface area contributed by atoms with E-state index in [0.717, 1.165) is 24.0 Å². The van der Waals surface area contributed by atoms with Crippen molar-refractivity contribution in [2.75, 3.05) is 18.8 Å². The van der Waals surface area contributed by atoms with Gasteiger partial charge in [-0.1, -0.05) is 13.8 Å². The summed E-state index contributed by atoms with van der Waals surface area (Å²) in [4.78, 5) is 11.0. The van der Waals surface area contributed by atoms with Crippen molar-refractivity contribution in [3.8, 4) is 0 Å². The molecular formula is C14H20N2O2. The van der Waals surface area contributed by atoms with Crippen molar-refractivity contribution in [2.45, 2.75) is 20.8 Å². The Morgan fingerprint density at radius 3 is 2.44 bits per heavy atom. The number of hydrogen-bond donors (Lipinski definition) is 2. The van der Waals surface area contributed by atoms with Crippen LogP contribution in [0.3, 0.4) is 0 Å². The van der Waals surface area contributed by atoms with Crippen LogP contribution in [-0.2, 0) is 0 Å². The van der Waals surface area contributed by atoms with Crippen LogP contribution in [0.4, 0.5) is 5.69 Å². The maximum Gasteiger partial charge on any atom is 0.336 e. The van der Waals surface area contributed by atoms with E-state index in [4.69, 9.17) is 10.2 Å². The van der Waals surface area contributed by atoms with E-state index in [1.54, 1.807) is 12.1 Å². The Balaban J connectivity index is 0.000000280. The lowest BCUT2D eigenvalue weighted by molar-refractivity contribution is 0.560. The van der Waals surface area contributed by atoms with E-state index in [1.807, 2.05) is 13.0 Å². The molecule has 1 heterocycles. The summed E-state index contributed by atoms with van der Waals surface area (Å²) in [5.41, 5.74) is 7.28. The molecule has 1 aromatic carbocycles. The van der Waals surface area contributed by atoms with Gasteiger partial charge in [0.1, 0.15) is 5.58 Å². The first kappa shape index (κ1) is 14.3. The van der Waals surface area contributed by atoms with Crippen LogP contribution in [0.15, 0.2) is 33.5 Å². The van der Waals surface area contributed by atoms with Crippen molar-refractivity contribution in [3.05, 3.63) is 40.2 Å². The van der Waals surface area contributed by atoms with E-state index in [9.17, 15) is 4.79 Å². The molecule has 0 aliphatic rings. The van der Waals surface area contributed by atoms with Crippen LogP contribution in [0.5, 0.6) is 0 Å². The Kier molecular flexibility index (Phi) is 5.39. The lowest BCUT2D eigenvalue weighted by Crippen LogP contribution is -2.09. The van der Waals surface area contributed by atoms with Gasteiger partial charge in [0, 0.05) is 23.2 Å². The lowest BCUT2D eigenvalue weighted by atomic mass is 10.1. The van der Waals surface area contributed by atoms with Crippen molar-refractivity contribution < 1.29 is 4.42 Å². The maximum atomic E-state index is 11.0. The highest BCUT2D eigenvalue weighted by molar-refractivity contribution is 5.82. The number of nitrogen functional groups attached to an aromatic ring is 1. The van der Waals surface area contributed by atoms with E-state index >= 15 is 0 Å². The molecule has 0 unspecified atom stereocenters. The zero-order chi connectivity index (χ0) is 13.5. The van der Waals surface area contributed by atoms with Crippen molar-refractivity contribution in [1.29, 1.82) is 0 Å². The summed E-state index contributed by atoms with van der Waals surface area (Å²) >= 11 is 0. The molecule has 0 radical (unpaired) electrons. The van der Waals surface area contributed by atoms with Gasteiger partial charge < -0.3 is 15.5 Å². The van der Waals surface area contributed by atoms with Crippen LogP contribution in [0.25, 0.3) is 11.0 Å². The number of benzene rings is 1. The third-order valence-electron chi connectivity index (χ3n) is 2.48. The van der Waals surface area contributed by atoms with E-state index in [-0.39, 0.29) is 5.63 Å². The van der Waals surface area contributed by atoms with Gasteiger partial charge in [0.2, 0.25) is 0 Å². The highest BCUT2D eigenvalue weighted by Gasteiger charge is 2.00. The van der Waals surface area contributed by atoms with Crippen LogP contribution in [0.1, 0.15) is 19.4 Å². The monoisotopic (exact) mass is 248 g/mol. The number of nitrogens with one attached hydrogen (secondary N) is 1. The molecule has 2 aromatic rings. The Bertz CT molecular complexity index is 559. The molecule has 0 aliphatic carbocycles. The minimum absolute atomic E-state index is 0.337. The predicted molar refractivity (Wildman–Crippen MR) is 75.9 cm³/mol. The van der Waals surface area contributed by atoms with Gasteiger partial charge in [0.15, 0.2) is 0 Å². The van der Waals surface area contributed by atoms with Gasteiger partial charge in [0.25, 0.3) is 0 Å². The van der Waals surface area contributed by atoms with Crippen molar-refractivity contribution in [3.63, 3.8) is 0 Å². The zero-order valence-electron chi connectivity index (χ0n) is 11.1. The van der Waals surface area contributed by atoms with Gasteiger partial charge in [-0.2, -0.15) is 0 Å². The zero-order valence-corrected chi connectivity index (χ0v) is 11.1. The summed E-state index contributed by atoms with van der Waals surface area (Å²) in [5, 5.41) is 4.04. The average Bonchev–Trinajstić information content (AvgIpc) is 2.29. The average molecular weight is 248 g/mol. The van der Waals surface area contributed by atoms with Gasteiger partial charge in [-0.25, -0.2) is 4.79 Å². The molecule has 98 valence electrons. The normalized spacial score (nSPS) is 9.94. The molecule has 4 nitrogen and oxygen atoms in total. The first-order valence-corrected chi connectivity index (χ1v) is 6.09.